The summed E-state index contributed by atoms with van der Waals surface area (Å²) >= 11 is 0. The molecule has 3 aromatic rings. The van der Waals surface area contributed by atoms with Crippen LogP contribution in [0.1, 0.15) is 16.7 Å². The molecule has 1 aliphatic rings. The zero-order valence-corrected chi connectivity index (χ0v) is 12.7. The Morgan fingerprint density at radius 3 is 1.65 bits per heavy atom. The fraction of sp³-hybridized carbons (Fsp3) is 0.0526. The summed E-state index contributed by atoms with van der Waals surface area (Å²) in [6.07, 6.45) is 0. The van der Waals surface area contributed by atoms with Crippen LogP contribution in [-0.4, -0.2) is 9.52 Å². The van der Waals surface area contributed by atoms with Crippen LogP contribution < -0.4 is 5.19 Å². The predicted octanol–water partition coefficient (Wildman–Crippen LogP) is 3.25. The second kappa shape index (κ2) is 4.77. The SMILES string of the molecule is c1ccc([SiH2]C2c3ccccc3-c3ccccc32)cc1. The lowest BCUT2D eigenvalue weighted by Crippen LogP contribution is -2.21. The number of hydrogen-bond donors (Lipinski definition) is 0. The van der Waals surface area contributed by atoms with Gasteiger partial charge in [0, 0.05) is 5.54 Å². The predicted molar refractivity (Wildman–Crippen MR) is 88.3 cm³/mol. The second-order valence-electron chi connectivity index (χ2n) is 5.42. The van der Waals surface area contributed by atoms with Crippen LogP contribution in [0.3, 0.4) is 0 Å². The molecule has 0 unspecified atom stereocenters. The molecule has 0 saturated carbocycles. The van der Waals surface area contributed by atoms with E-state index in [1.807, 2.05) is 0 Å². The molecule has 1 aliphatic carbocycles. The second-order valence-corrected chi connectivity index (χ2v) is 7.46. The fourth-order valence-electron chi connectivity index (χ4n) is 3.33. The van der Waals surface area contributed by atoms with Crippen LogP contribution in [0.15, 0.2) is 78.9 Å². The molecule has 0 radical (unpaired) electrons. The average molecular weight is 272 g/mol. The standard InChI is InChI=1S/C19H16Si/c1-2-8-14(9-3-1)20-19-17-12-6-4-10-15(17)16-11-5-7-13-18(16)19/h1-13,19H,20H2. The molecule has 0 bridgehead atoms. The topological polar surface area (TPSA) is 0 Å². The lowest BCUT2D eigenvalue weighted by atomic mass is 10.1. The largest absolute Gasteiger partial charge is 0.0679 e. The first-order chi connectivity index (χ1) is 9.93. The average Bonchev–Trinajstić information content (AvgIpc) is 2.84. The van der Waals surface area contributed by atoms with Crippen molar-refractivity contribution < 1.29 is 0 Å². The fourth-order valence-corrected chi connectivity index (χ4v) is 5.50. The Morgan fingerprint density at radius 2 is 1.05 bits per heavy atom. The molecule has 0 N–H and O–H groups in total. The number of hydrogen-bond acceptors (Lipinski definition) is 0. The smallest absolute Gasteiger partial charge is 0.0659 e. The lowest BCUT2D eigenvalue weighted by molar-refractivity contribution is 1.19. The highest BCUT2D eigenvalue weighted by Gasteiger charge is 2.27. The summed E-state index contributed by atoms with van der Waals surface area (Å²) in [7, 11) is -0.352. The molecule has 0 fully saturated rings. The maximum absolute atomic E-state index is 2.32. The van der Waals surface area contributed by atoms with Gasteiger partial charge in [0.1, 0.15) is 0 Å². The van der Waals surface area contributed by atoms with Gasteiger partial charge >= 0.3 is 0 Å². The van der Waals surface area contributed by atoms with E-state index in [1.165, 1.54) is 22.3 Å². The van der Waals surface area contributed by atoms with Crippen molar-refractivity contribution in [2.75, 3.05) is 0 Å². The van der Waals surface area contributed by atoms with Crippen molar-refractivity contribution in [1.29, 1.82) is 0 Å². The molecule has 0 saturated heterocycles. The highest BCUT2D eigenvalue weighted by Crippen LogP contribution is 2.43. The minimum absolute atomic E-state index is 0.352. The Hall–Kier alpha value is -2.12. The summed E-state index contributed by atoms with van der Waals surface area (Å²) in [4.78, 5) is 0. The molecular formula is C19H16Si. The minimum atomic E-state index is -0.352. The zero-order valence-electron chi connectivity index (χ0n) is 11.3. The summed E-state index contributed by atoms with van der Waals surface area (Å²) in [5.74, 6) is 0. The molecule has 0 aromatic heterocycles. The normalized spacial score (nSPS) is 13.6. The lowest BCUT2D eigenvalue weighted by Gasteiger charge is -2.13. The van der Waals surface area contributed by atoms with Crippen molar-refractivity contribution in [1.82, 2.24) is 0 Å². The minimum Gasteiger partial charge on any atom is -0.0659 e. The Labute approximate surface area is 121 Å². The summed E-state index contributed by atoms with van der Waals surface area (Å²) in [5.41, 5.74) is 6.58. The van der Waals surface area contributed by atoms with Gasteiger partial charge in [-0.25, -0.2) is 0 Å². The van der Waals surface area contributed by atoms with Crippen LogP contribution in [-0.2, 0) is 0 Å². The van der Waals surface area contributed by atoms with Gasteiger partial charge in [0.25, 0.3) is 0 Å². The quantitative estimate of drug-likeness (QED) is 0.628. The van der Waals surface area contributed by atoms with Crippen LogP contribution in [0.2, 0.25) is 0 Å². The van der Waals surface area contributed by atoms with E-state index in [9.17, 15) is 0 Å². The highest BCUT2D eigenvalue weighted by atomic mass is 28.2. The number of fused-ring (bicyclic) bond motifs is 3. The van der Waals surface area contributed by atoms with Crippen molar-refractivity contribution in [3.05, 3.63) is 90.0 Å². The molecule has 96 valence electrons. The van der Waals surface area contributed by atoms with E-state index in [4.69, 9.17) is 0 Å². The molecule has 4 rings (SSSR count). The first-order valence-corrected chi connectivity index (χ1v) is 8.68. The van der Waals surface area contributed by atoms with Gasteiger partial charge in [-0.1, -0.05) is 84.0 Å². The van der Waals surface area contributed by atoms with Gasteiger partial charge in [0.2, 0.25) is 0 Å². The van der Waals surface area contributed by atoms with Crippen molar-refractivity contribution in [2.45, 2.75) is 5.54 Å². The van der Waals surface area contributed by atoms with Crippen LogP contribution in [0.25, 0.3) is 11.1 Å². The Balaban J connectivity index is 1.83. The van der Waals surface area contributed by atoms with Gasteiger partial charge < -0.3 is 0 Å². The van der Waals surface area contributed by atoms with Crippen molar-refractivity contribution in [2.24, 2.45) is 0 Å². The third kappa shape index (κ3) is 1.83. The van der Waals surface area contributed by atoms with Crippen molar-refractivity contribution in [3.8, 4) is 11.1 Å². The molecule has 0 spiro atoms. The van der Waals surface area contributed by atoms with E-state index in [0.29, 0.717) is 5.54 Å². The van der Waals surface area contributed by atoms with E-state index in [-0.39, 0.29) is 9.52 Å². The van der Waals surface area contributed by atoms with Gasteiger partial charge in [-0.15, -0.1) is 0 Å². The van der Waals surface area contributed by atoms with E-state index in [1.54, 1.807) is 5.19 Å². The molecule has 0 amide bonds. The highest BCUT2D eigenvalue weighted by molar-refractivity contribution is 6.56. The summed E-state index contributed by atoms with van der Waals surface area (Å²) < 4.78 is 0. The molecule has 0 aliphatic heterocycles. The maximum Gasteiger partial charge on any atom is 0.0679 e. The Morgan fingerprint density at radius 1 is 0.550 bits per heavy atom. The first kappa shape index (κ1) is 11.7. The summed E-state index contributed by atoms with van der Waals surface area (Å²) in [5, 5.41) is 1.55. The van der Waals surface area contributed by atoms with Crippen LogP contribution in [0.4, 0.5) is 0 Å². The molecule has 0 nitrogen and oxygen atoms in total. The van der Waals surface area contributed by atoms with E-state index < -0.39 is 0 Å². The maximum atomic E-state index is 2.32. The van der Waals surface area contributed by atoms with Gasteiger partial charge in [0.05, 0.1) is 9.52 Å². The third-order valence-corrected chi connectivity index (χ3v) is 6.48. The van der Waals surface area contributed by atoms with Crippen LogP contribution in [0, 0.1) is 0 Å². The molecule has 20 heavy (non-hydrogen) atoms. The Kier molecular flexibility index (Phi) is 2.78. The van der Waals surface area contributed by atoms with E-state index in [2.05, 4.69) is 78.9 Å². The van der Waals surface area contributed by atoms with Gasteiger partial charge in [0.15, 0.2) is 0 Å². The van der Waals surface area contributed by atoms with Gasteiger partial charge in [-0.2, -0.15) is 0 Å². The van der Waals surface area contributed by atoms with Gasteiger partial charge in [-0.3, -0.25) is 0 Å². The van der Waals surface area contributed by atoms with Crippen LogP contribution in [0.5, 0.6) is 0 Å². The monoisotopic (exact) mass is 272 g/mol. The van der Waals surface area contributed by atoms with Crippen molar-refractivity contribution >= 4 is 14.7 Å². The summed E-state index contributed by atoms with van der Waals surface area (Å²) in [6, 6.07) is 28.8. The molecule has 0 heterocycles. The number of rotatable bonds is 2. The zero-order chi connectivity index (χ0) is 13.4. The van der Waals surface area contributed by atoms with Gasteiger partial charge in [-0.05, 0) is 22.3 Å². The summed E-state index contributed by atoms with van der Waals surface area (Å²) in [6.45, 7) is 0. The van der Waals surface area contributed by atoms with E-state index >= 15 is 0 Å². The van der Waals surface area contributed by atoms with Crippen LogP contribution >= 0.6 is 0 Å². The molecule has 3 aromatic carbocycles. The number of benzene rings is 3. The Bertz CT molecular complexity index is 701. The van der Waals surface area contributed by atoms with E-state index in [0.717, 1.165) is 0 Å². The first-order valence-electron chi connectivity index (χ1n) is 7.15. The molecule has 0 atom stereocenters. The third-order valence-electron chi connectivity index (χ3n) is 4.25. The molecule has 1 heteroatoms. The molecular weight excluding hydrogens is 256 g/mol. The van der Waals surface area contributed by atoms with Crippen molar-refractivity contribution in [3.63, 3.8) is 0 Å².